The van der Waals surface area contributed by atoms with Crippen LogP contribution in [0.1, 0.15) is 20.3 Å². The molecule has 0 saturated heterocycles. The van der Waals surface area contributed by atoms with Crippen LogP contribution >= 0.6 is 11.6 Å². The summed E-state index contributed by atoms with van der Waals surface area (Å²) < 4.78 is 13.4. The summed E-state index contributed by atoms with van der Waals surface area (Å²) in [5, 5.41) is 1.46. The number of benzene rings is 3. The lowest BCUT2D eigenvalue weighted by Gasteiger charge is -2.17. The molecule has 0 aliphatic heterocycles. The van der Waals surface area contributed by atoms with E-state index in [2.05, 4.69) is 11.9 Å². The maximum atomic E-state index is 13.4. The van der Waals surface area contributed by atoms with Crippen molar-refractivity contribution in [3.8, 4) is 28.4 Å². The van der Waals surface area contributed by atoms with E-state index < -0.39 is 0 Å². The first-order chi connectivity index (χ1) is 16.3. The predicted molar refractivity (Wildman–Crippen MR) is 138 cm³/mol. The number of anilines is 1. The average molecular weight is 479 g/mol. The average Bonchev–Trinajstić information content (AvgIpc) is 2.83. The van der Waals surface area contributed by atoms with E-state index in [9.17, 15) is 4.79 Å². The molecule has 0 spiro atoms. The Labute approximate surface area is 204 Å². The second-order valence-electron chi connectivity index (χ2n) is 8.42. The first kappa shape index (κ1) is 23.6. The summed E-state index contributed by atoms with van der Waals surface area (Å²) in [7, 11) is 5.56. The third-order valence-corrected chi connectivity index (χ3v) is 6.12. The van der Waals surface area contributed by atoms with Gasteiger partial charge in [-0.3, -0.25) is 0 Å². The Morgan fingerprint density at radius 1 is 1.03 bits per heavy atom. The van der Waals surface area contributed by atoms with Crippen molar-refractivity contribution < 1.29 is 14.0 Å². The second-order valence-corrected chi connectivity index (χ2v) is 8.85. The minimum Gasteiger partial charge on any atom is -0.493 e. The number of nitrogens with zero attached hydrogens (tertiary/aromatic N) is 2. The highest BCUT2D eigenvalue weighted by Gasteiger charge is 2.24. The lowest BCUT2D eigenvalue weighted by molar-refractivity contribution is -0.602. The monoisotopic (exact) mass is 478 g/mol. The van der Waals surface area contributed by atoms with E-state index in [1.54, 1.807) is 11.7 Å². The van der Waals surface area contributed by atoms with Crippen LogP contribution in [0, 0.1) is 0 Å². The lowest BCUT2D eigenvalue weighted by Crippen LogP contribution is -2.51. The summed E-state index contributed by atoms with van der Waals surface area (Å²) >= 11 is 6.17. The molecule has 1 heterocycles. The molecule has 0 unspecified atom stereocenters. The Balaban J connectivity index is 2.05. The van der Waals surface area contributed by atoms with Crippen LogP contribution in [0.25, 0.3) is 27.8 Å². The van der Waals surface area contributed by atoms with Gasteiger partial charge in [0.15, 0.2) is 17.2 Å². The number of fused-ring (bicyclic) bond motifs is 1. The topological polar surface area (TPSA) is 58.4 Å². The number of halogens is 1. The fraction of sp³-hybridized carbons (Fsp3) is 0.259. The number of nitrogens with one attached hydrogen (secondary N) is 1. The summed E-state index contributed by atoms with van der Waals surface area (Å²) in [6, 6.07) is 19.1. The molecule has 0 amide bonds. The maximum absolute atomic E-state index is 13.4. The van der Waals surface area contributed by atoms with Crippen LogP contribution in [0.2, 0.25) is 5.02 Å². The first-order valence-electron chi connectivity index (χ1n) is 11.2. The maximum Gasteiger partial charge on any atom is 0.501 e. The van der Waals surface area contributed by atoms with Crippen LogP contribution in [-0.4, -0.2) is 32.3 Å². The van der Waals surface area contributed by atoms with Gasteiger partial charge >= 0.3 is 5.69 Å². The minimum atomic E-state index is -0.257. The van der Waals surface area contributed by atoms with E-state index in [1.807, 2.05) is 86.6 Å². The molecule has 0 aliphatic carbocycles. The fourth-order valence-electron chi connectivity index (χ4n) is 3.84. The summed E-state index contributed by atoms with van der Waals surface area (Å²) in [5.74, 6) is 1.19. The third-order valence-electron chi connectivity index (χ3n) is 5.87. The number of H-pyrrole nitrogens is 1. The predicted octanol–water partition coefficient (Wildman–Crippen LogP) is 5.38. The second kappa shape index (κ2) is 9.77. The Kier molecular flexibility index (Phi) is 6.80. The molecule has 34 heavy (non-hydrogen) atoms. The van der Waals surface area contributed by atoms with Crippen molar-refractivity contribution in [1.82, 2.24) is 4.98 Å². The first-order valence-corrected chi connectivity index (χ1v) is 11.6. The van der Waals surface area contributed by atoms with Crippen LogP contribution < -0.4 is 24.6 Å². The zero-order chi connectivity index (χ0) is 24.4. The number of aromatic nitrogens is 2. The molecule has 6 nitrogen and oxygen atoms in total. The third kappa shape index (κ3) is 4.59. The molecule has 1 aromatic heterocycles. The van der Waals surface area contributed by atoms with Crippen molar-refractivity contribution in [2.75, 3.05) is 26.1 Å². The lowest BCUT2D eigenvalue weighted by atomic mass is 10.0. The van der Waals surface area contributed by atoms with Crippen LogP contribution in [0.15, 0.2) is 65.5 Å². The molecule has 4 aromatic rings. The van der Waals surface area contributed by atoms with Crippen LogP contribution in [0.5, 0.6) is 11.5 Å². The molecule has 1 atom stereocenters. The number of aromatic amines is 1. The van der Waals surface area contributed by atoms with E-state index in [-0.39, 0.29) is 11.8 Å². The zero-order valence-electron chi connectivity index (χ0n) is 20.1. The summed E-state index contributed by atoms with van der Waals surface area (Å²) in [6.07, 6.45) is 0.869. The highest BCUT2D eigenvalue weighted by molar-refractivity contribution is 6.30. The number of rotatable bonds is 7. The molecule has 1 N–H and O–H groups in total. The summed E-state index contributed by atoms with van der Waals surface area (Å²) in [6.45, 7) is 4.09. The van der Waals surface area contributed by atoms with Gasteiger partial charge in [-0.25, -0.2) is 4.98 Å². The number of ether oxygens (including phenoxy) is 2. The van der Waals surface area contributed by atoms with Gasteiger partial charge in [0.2, 0.25) is 0 Å². The van der Waals surface area contributed by atoms with E-state index in [1.165, 1.54) is 0 Å². The van der Waals surface area contributed by atoms with E-state index in [0.29, 0.717) is 22.0 Å². The standard InChI is InChI=1S/C27H28ClN3O3/c1-6-17(2)34-25-15-22-23(16-24(25)33-5)29-27(32)31(21-13-11-20(12-14-21)30(3)4)26(22)18-7-9-19(28)10-8-18/h7-17H,6H2,1-5H3/p+1/t17-/m1/s1. The van der Waals surface area contributed by atoms with Crippen molar-refractivity contribution in [2.24, 2.45) is 0 Å². The quantitative estimate of drug-likeness (QED) is 0.362. The molecule has 3 aromatic carbocycles. The van der Waals surface area contributed by atoms with Crippen LogP contribution in [0.4, 0.5) is 5.69 Å². The largest absolute Gasteiger partial charge is 0.501 e. The molecule has 176 valence electrons. The highest BCUT2D eigenvalue weighted by atomic mass is 35.5. The zero-order valence-corrected chi connectivity index (χ0v) is 20.8. The van der Waals surface area contributed by atoms with Gasteiger partial charge in [-0.05, 0) is 67.9 Å². The molecule has 0 aliphatic rings. The normalized spacial score (nSPS) is 11.9. The summed E-state index contributed by atoms with van der Waals surface area (Å²) in [5.41, 5.74) is 3.79. The molecular weight excluding hydrogens is 450 g/mol. The Hall–Kier alpha value is -3.51. The molecule has 0 radical (unpaired) electrons. The Morgan fingerprint density at radius 3 is 2.29 bits per heavy atom. The van der Waals surface area contributed by atoms with Gasteiger partial charge in [-0.15, -0.1) is 0 Å². The number of methoxy groups -OCH3 is 1. The van der Waals surface area contributed by atoms with Crippen molar-refractivity contribution in [3.63, 3.8) is 0 Å². The van der Waals surface area contributed by atoms with Crippen molar-refractivity contribution in [1.29, 1.82) is 0 Å². The number of hydrogen-bond acceptors (Lipinski definition) is 4. The van der Waals surface area contributed by atoms with E-state index in [4.69, 9.17) is 21.1 Å². The molecule has 0 fully saturated rings. The smallest absolute Gasteiger partial charge is 0.493 e. The van der Waals surface area contributed by atoms with Gasteiger partial charge in [-0.2, -0.15) is 9.36 Å². The van der Waals surface area contributed by atoms with Gasteiger partial charge in [0.25, 0.3) is 0 Å². The van der Waals surface area contributed by atoms with Crippen LogP contribution in [-0.2, 0) is 0 Å². The summed E-state index contributed by atoms with van der Waals surface area (Å²) in [4.78, 5) is 18.5. The molecule has 4 rings (SSSR count). The SMILES string of the molecule is CC[C@@H](C)Oc1cc2c(-c3ccc(Cl)cc3)[n+](-c3ccc(N(C)C)cc3)c(=O)[nH]c2cc1OC. The van der Waals surface area contributed by atoms with Crippen LogP contribution in [0.3, 0.4) is 0 Å². The molecular formula is C27H29ClN3O3+. The Bertz CT molecular complexity index is 1360. The van der Waals surface area contributed by atoms with Gasteiger partial charge < -0.3 is 14.4 Å². The van der Waals surface area contributed by atoms with E-state index >= 15 is 0 Å². The van der Waals surface area contributed by atoms with Crippen molar-refractivity contribution >= 4 is 28.2 Å². The molecule has 0 saturated carbocycles. The van der Waals surface area contributed by atoms with Crippen molar-refractivity contribution in [3.05, 3.63) is 76.2 Å². The van der Waals surface area contributed by atoms with Gasteiger partial charge in [-0.1, -0.05) is 18.5 Å². The molecule has 7 heteroatoms. The van der Waals surface area contributed by atoms with Gasteiger partial charge in [0.05, 0.1) is 18.6 Å². The molecule has 0 bridgehead atoms. The van der Waals surface area contributed by atoms with E-state index in [0.717, 1.165) is 34.4 Å². The van der Waals surface area contributed by atoms with Gasteiger partial charge in [0.1, 0.15) is 11.2 Å². The fourth-order valence-corrected chi connectivity index (χ4v) is 3.97. The van der Waals surface area contributed by atoms with Crippen molar-refractivity contribution in [2.45, 2.75) is 26.4 Å². The van der Waals surface area contributed by atoms with Gasteiger partial charge in [0, 0.05) is 36.4 Å². The number of hydrogen-bond donors (Lipinski definition) is 1. The Morgan fingerprint density at radius 2 is 1.71 bits per heavy atom. The highest BCUT2D eigenvalue weighted by Crippen LogP contribution is 2.36. The minimum absolute atomic E-state index is 0.0128.